The SMILES string of the molecule is O=C[C@@H]1C[C@H]1C(=O)c1ccc(Cl)c(Cl)c1. The van der Waals surface area contributed by atoms with Crippen LogP contribution in [-0.2, 0) is 4.79 Å². The molecule has 0 N–H and O–H groups in total. The molecule has 0 spiro atoms. The lowest BCUT2D eigenvalue weighted by Crippen LogP contribution is -2.03. The Morgan fingerprint density at radius 1 is 1.33 bits per heavy atom. The first-order chi connectivity index (χ1) is 7.13. The Bertz CT molecular complexity index is 429. The number of rotatable bonds is 3. The first kappa shape index (κ1) is 10.7. The van der Waals surface area contributed by atoms with Gasteiger partial charge in [-0.1, -0.05) is 23.2 Å². The van der Waals surface area contributed by atoms with E-state index in [0.717, 1.165) is 6.29 Å². The number of aldehydes is 1. The fourth-order valence-corrected chi connectivity index (χ4v) is 1.83. The van der Waals surface area contributed by atoms with Crippen LogP contribution in [0.25, 0.3) is 0 Å². The highest BCUT2D eigenvalue weighted by molar-refractivity contribution is 6.42. The number of Topliss-reactive ketones (excluding diaryl/α,β-unsaturated/α-hetero) is 1. The molecule has 0 aromatic heterocycles. The normalized spacial score (nSPS) is 23.6. The third-order valence-electron chi connectivity index (χ3n) is 2.56. The fraction of sp³-hybridized carbons (Fsp3) is 0.273. The van der Waals surface area contributed by atoms with E-state index in [1.165, 1.54) is 0 Å². The standard InChI is InChI=1S/C11H8Cl2O2/c12-9-2-1-6(4-10(9)13)11(15)8-3-7(8)5-14/h1-2,4-5,7-8H,3H2/t7-,8+/m0/s1. The molecule has 0 unspecified atom stereocenters. The molecule has 0 amide bonds. The van der Waals surface area contributed by atoms with E-state index in [4.69, 9.17) is 23.2 Å². The van der Waals surface area contributed by atoms with Gasteiger partial charge < -0.3 is 4.79 Å². The zero-order chi connectivity index (χ0) is 11.0. The Balaban J connectivity index is 2.20. The summed E-state index contributed by atoms with van der Waals surface area (Å²) >= 11 is 11.5. The Morgan fingerprint density at radius 3 is 2.60 bits per heavy atom. The summed E-state index contributed by atoms with van der Waals surface area (Å²) < 4.78 is 0. The fourth-order valence-electron chi connectivity index (χ4n) is 1.53. The molecule has 4 heteroatoms. The van der Waals surface area contributed by atoms with Gasteiger partial charge in [0, 0.05) is 17.4 Å². The molecule has 0 heterocycles. The maximum Gasteiger partial charge on any atom is 0.166 e. The molecule has 2 nitrogen and oxygen atoms in total. The molecule has 0 bridgehead atoms. The number of halogens is 2. The van der Waals surface area contributed by atoms with E-state index in [0.29, 0.717) is 22.0 Å². The van der Waals surface area contributed by atoms with Crippen LogP contribution in [0.3, 0.4) is 0 Å². The van der Waals surface area contributed by atoms with E-state index in [1.807, 2.05) is 0 Å². The second kappa shape index (κ2) is 3.95. The second-order valence-electron chi connectivity index (χ2n) is 3.64. The highest BCUT2D eigenvalue weighted by atomic mass is 35.5. The van der Waals surface area contributed by atoms with Gasteiger partial charge >= 0.3 is 0 Å². The molecule has 1 saturated carbocycles. The number of carbonyl (C=O) groups is 2. The molecule has 1 aromatic carbocycles. The van der Waals surface area contributed by atoms with Crippen molar-refractivity contribution < 1.29 is 9.59 Å². The van der Waals surface area contributed by atoms with Gasteiger partial charge in [0.15, 0.2) is 5.78 Å². The molecule has 1 aliphatic rings. The van der Waals surface area contributed by atoms with Crippen molar-refractivity contribution >= 4 is 35.3 Å². The van der Waals surface area contributed by atoms with Gasteiger partial charge in [-0.2, -0.15) is 0 Å². The third-order valence-corrected chi connectivity index (χ3v) is 3.29. The van der Waals surface area contributed by atoms with E-state index >= 15 is 0 Å². The van der Waals surface area contributed by atoms with Gasteiger partial charge in [-0.15, -0.1) is 0 Å². The molecule has 15 heavy (non-hydrogen) atoms. The maximum absolute atomic E-state index is 11.8. The Kier molecular flexibility index (Phi) is 2.81. The van der Waals surface area contributed by atoms with Crippen LogP contribution in [0.15, 0.2) is 18.2 Å². The molecule has 1 aromatic rings. The second-order valence-corrected chi connectivity index (χ2v) is 4.45. The largest absolute Gasteiger partial charge is 0.303 e. The van der Waals surface area contributed by atoms with Crippen molar-refractivity contribution in [3.8, 4) is 0 Å². The molecule has 0 radical (unpaired) electrons. The molecular weight excluding hydrogens is 235 g/mol. The minimum Gasteiger partial charge on any atom is -0.303 e. The van der Waals surface area contributed by atoms with E-state index in [-0.39, 0.29) is 17.6 Å². The van der Waals surface area contributed by atoms with Gasteiger partial charge in [-0.25, -0.2) is 0 Å². The number of ketones is 1. The number of hydrogen-bond acceptors (Lipinski definition) is 2. The minimum absolute atomic E-state index is 0.0225. The van der Waals surface area contributed by atoms with Crippen LogP contribution in [0, 0.1) is 11.8 Å². The average molecular weight is 243 g/mol. The van der Waals surface area contributed by atoms with Crippen LogP contribution in [0.5, 0.6) is 0 Å². The highest BCUT2D eigenvalue weighted by Gasteiger charge is 2.42. The Labute approximate surface area is 97.2 Å². The Morgan fingerprint density at radius 2 is 2.07 bits per heavy atom. The average Bonchev–Trinajstić information content (AvgIpc) is 3.00. The lowest BCUT2D eigenvalue weighted by molar-refractivity contribution is -0.109. The lowest BCUT2D eigenvalue weighted by atomic mass is 10.1. The zero-order valence-corrected chi connectivity index (χ0v) is 9.26. The van der Waals surface area contributed by atoms with E-state index in [2.05, 4.69) is 0 Å². The zero-order valence-electron chi connectivity index (χ0n) is 7.74. The first-order valence-corrected chi connectivity index (χ1v) is 5.33. The van der Waals surface area contributed by atoms with Gasteiger partial charge in [0.2, 0.25) is 0 Å². The van der Waals surface area contributed by atoms with Gasteiger partial charge in [0.05, 0.1) is 10.0 Å². The molecule has 1 fully saturated rings. The van der Waals surface area contributed by atoms with Crippen molar-refractivity contribution in [1.82, 2.24) is 0 Å². The summed E-state index contributed by atoms with van der Waals surface area (Å²) in [6.07, 6.45) is 1.49. The van der Waals surface area contributed by atoms with Crippen LogP contribution >= 0.6 is 23.2 Å². The summed E-state index contributed by atoms with van der Waals surface area (Å²) in [5, 5.41) is 0.793. The van der Waals surface area contributed by atoms with Crippen molar-refractivity contribution in [2.24, 2.45) is 11.8 Å². The number of hydrogen-bond donors (Lipinski definition) is 0. The van der Waals surface area contributed by atoms with Crippen LogP contribution < -0.4 is 0 Å². The van der Waals surface area contributed by atoms with Crippen molar-refractivity contribution in [2.75, 3.05) is 0 Å². The van der Waals surface area contributed by atoms with Gasteiger partial charge in [0.1, 0.15) is 6.29 Å². The maximum atomic E-state index is 11.8. The summed E-state index contributed by atoms with van der Waals surface area (Å²) in [5.74, 6) is -0.280. The summed E-state index contributed by atoms with van der Waals surface area (Å²) in [5.41, 5.74) is 0.527. The van der Waals surface area contributed by atoms with Gasteiger partial charge in [-0.3, -0.25) is 4.79 Å². The molecule has 2 rings (SSSR count). The van der Waals surface area contributed by atoms with E-state index in [1.54, 1.807) is 18.2 Å². The van der Waals surface area contributed by atoms with Crippen LogP contribution in [0.4, 0.5) is 0 Å². The van der Waals surface area contributed by atoms with Crippen LogP contribution in [0.1, 0.15) is 16.8 Å². The van der Waals surface area contributed by atoms with Crippen LogP contribution in [-0.4, -0.2) is 12.1 Å². The molecular formula is C11H8Cl2O2. The van der Waals surface area contributed by atoms with Crippen molar-refractivity contribution in [2.45, 2.75) is 6.42 Å². The quantitative estimate of drug-likeness (QED) is 0.604. The first-order valence-electron chi connectivity index (χ1n) is 4.58. The molecule has 78 valence electrons. The predicted molar refractivity (Wildman–Crippen MR) is 58.5 cm³/mol. The van der Waals surface area contributed by atoms with Crippen molar-refractivity contribution in [3.63, 3.8) is 0 Å². The van der Waals surface area contributed by atoms with Gasteiger partial charge in [0.25, 0.3) is 0 Å². The number of carbonyl (C=O) groups excluding carboxylic acids is 2. The van der Waals surface area contributed by atoms with Crippen molar-refractivity contribution in [3.05, 3.63) is 33.8 Å². The van der Waals surface area contributed by atoms with E-state index < -0.39 is 0 Å². The van der Waals surface area contributed by atoms with Crippen molar-refractivity contribution in [1.29, 1.82) is 0 Å². The lowest BCUT2D eigenvalue weighted by Gasteiger charge is -2.00. The third kappa shape index (κ3) is 2.06. The highest BCUT2D eigenvalue weighted by Crippen LogP contribution is 2.39. The molecule has 0 aliphatic heterocycles. The Hall–Kier alpha value is -0.860. The number of benzene rings is 1. The monoisotopic (exact) mass is 242 g/mol. The molecule has 2 atom stereocenters. The predicted octanol–water partition coefficient (Wildman–Crippen LogP) is 3.01. The summed E-state index contributed by atoms with van der Waals surface area (Å²) in [6, 6.07) is 4.78. The van der Waals surface area contributed by atoms with E-state index in [9.17, 15) is 9.59 Å². The van der Waals surface area contributed by atoms with Gasteiger partial charge in [-0.05, 0) is 24.6 Å². The minimum atomic E-state index is -0.153. The topological polar surface area (TPSA) is 34.1 Å². The molecule has 1 aliphatic carbocycles. The smallest absolute Gasteiger partial charge is 0.166 e. The molecule has 0 saturated heterocycles. The summed E-state index contributed by atoms with van der Waals surface area (Å²) in [4.78, 5) is 22.2. The summed E-state index contributed by atoms with van der Waals surface area (Å²) in [6.45, 7) is 0. The summed E-state index contributed by atoms with van der Waals surface area (Å²) in [7, 11) is 0. The van der Waals surface area contributed by atoms with Crippen LogP contribution in [0.2, 0.25) is 10.0 Å².